The number of hydrogen-bond donors (Lipinski definition) is 1. The average molecular weight is 353 g/mol. The van der Waals surface area contributed by atoms with Crippen molar-refractivity contribution in [3.05, 3.63) is 45.8 Å². The lowest BCUT2D eigenvalue weighted by atomic mass is 10.0. The highest BCUT2D eigenvalue weighted by Gasteiger charge is 2.43. The lowest BCUT2D eigenvalue weighted by Gasteiger charge is -2.39. The van der Waals surface area contributed by atoms with E-state index < -0.39 is 31.4 Å². The van der Waals surface area contributed by atoms with Gasteiger partial charge in [0.05, 0.1) is 6.61 Å². The molecule has 1 aromatic rings. The van der Waals surface area contributed by atoms with E-state index in [-0.39, 0.29) is 5.04 Å². The van der Waals surface area contributed by atoms with Crippen molar-refractivity contribution in [2.75, 3.05) is 6.61 Å². The number of aromatic nitrogens is 2. The molecule has 1 unspecified atom stereocenters. The summed E-state index contributed by atoms with van der Waals surface area (Å²) in [6.07, 6.45) is 4.21. The third-order valence-electron chi connectivity index (χ3n) is 5.20. The summed E-state index contributed by atoms with van der Waals surface area (Å²) < 4.78 is 13.9. The Labute approximate surface area is 143 Å². The summed E-state index contributed by atoms with van der Waals surface area (Å²) in [4.78, 5) is 25.4. The van der Waals surface area contributed by atoms with Gasteiger partial charge in [-0.2, -0.15) is 0 Å². The van der Waals surface area contributed by atoms with Crippen molar-refractivity contribution < 1.29 is 9.16 Å². The second-order valence-corrected chi connectivity index (χ2v) is 12.8. The second kappa shape index (κ2) is 6.46. The van der Waals surface area contributed by atoms with Gasteiger partial charge in [-0.15, -0.1) is 6.58 Å². The van der Waals surface area contributed by atoms with Gasteiger partial charge in [0.2, 0.25) is 0 Å². The molecule has 0 saturated carbocycles. The molecule has 1 aliphatic rings. The van der Waals surface area contributed by atoms with Crippen LogP contribution in [0.5, 0.6) is 0 Å². The number of nitrogens with zero attached hydrogens (tertiary/aromatic N) is 1. The maximum atomic E-state index is 12.0. The molecule has 0 amide bonds. The van der Waals surface area contributed by atoms with Gasteiger partial charge in [0.1, 0.15) is 11.8 Å². The quantitative estimate of drug-likeness (QED) is 0.653. The normalized spacial score (nSPS) is 25.0. The Bertz CT molecular complexity index is 716. The molecule has 0 radical (unpaired) electrons. The Hall–Kier alpha value is -1.44. The molecule has 1 N–H and O–H groups in total. The number of aromatic amines is 1. The molecule has 2 rings (SSSR count). The van der Waals surface area contributed by atoms with E-state index >= 15 is 0 Å². The highest BCUT2D eigenvalue weighted by Crippen LogP contribution is 2.41. The summed E-state index contributed by atoms with van der Waals surface area (Å²) in [5.41, 5.74) is -1.47. The van der Waals surface area contributed by atoms with Crippen molar-refractivity contribution >= 4 is 8.32 Å². The third kappa shape index (κ3) is 3.79. The minimum atomic E-state index is -1.90. The van der Waals surface area contributed by atoms with Gasteiger partial charge in [0.25, 0.3) is 5.56 Å². The Balaban J connectivity index is 2.14. The fourth-order valence-electron chi connectivity index (χ4n) is 2.44. The molecule has 0 bridgehead atoms. The van der Waals surface area contributed by atoms with Crippen LogP contribution in [0.2, 0.25) is 18.1 Å². The number of H-pyrrole nitrogens is 1. The first-order valence-corrected chi connectivity index (χ1v) is 11.2. The van der Waals surface area contributed by atoms with E-state index in [0.717, 1.165) is 6.42 Å². The van der Waals surface area contributed by atoms with Gasteiger partial charge in [-0.3, -0.25) is 14.3 Å². The van der Waals surface area contributed by atoms with Crippen LogP contribution in [0.1, 0.15) is 39.8 Å². The van der Waals surface area contributed by atoms with Crippen molar-refractivity contribution in [2.45, 2.75) is 63.6 Å². The van der Waals surface area contributed by atoms with Crippen LogP contribution in [0.25, 0.3) is 0 Å². The zero-order valence-electron chi connectivity index (χ0n) is 15.2. The van der Waals surface area contributed by atoms with Crippen LogP contribution < -0.4 is 11.2 Å². The summed E-state index contributed by atoms with van der Waals surface area (Å²) >= 11 is 0. The van der Waals surface area contributed by atoms with E-state index in [1.54, 1.807) is 6.08 Å². The van der Waals surface area contributed by atoms with E-state index in [1.165, 1.54) is 16.8 Å². The number of ether oxygens (including phenoxy) is 1. The van der Waals surface area contributed by atoms with Crippen LogP contribution in [0, 0.1) is 0 Å². The summed E-state index contributed by atoms with van der Waals surface area (Å²) in [7, 11) is -1.90. The molecule has 0 aromatic carbocycles. The first-order valence-electron chi connectivity index (χ1n) is 8.27. The smallest absolute Gasteiger partial charge is 0.330 e. The lowest BCUT2D eigenvalue weighted by molar-refractivity contribution is -0.0677. The SMILES string of the molecule is C=C[C@@]1(CO[Si](C)(C)C(C)(C)C)CCC(n2ccc(=O)[nH]c2=O)O1. The first-order chi connectivity index (χ1) is 11.0. The third-order valence-corrected chi connectivity index (χ3v) is 9.68. The van der Waals surface area contributed by atoms with Crippen molar-refractivity contribution in [1.29, 1.82) is 0 Å². The van der Waals surface area contributed by atoms with Crippen molar-refractivity contribution in [3.63, 3.8) is 0 Å². The van der Waals surface area contributed by atoms with Gasteiger partial charge >= 0.3 is 5.69 Å². The summed E-state index contributed by atoms with van der Waals surface area (Å²) in [5.74, 6) is 0. The minimum absolute atomic E-state index is 0.114. The average Bonchev–Trinajstić information content (AvgIpc) is 2.89. The molecule has 6 nitrogen and oxygen atoms in total. The van der Waals surface area contributed by atoms with Crippen LogP contribution in [0.4, 0.5) is 0 Å². The van der Waals surface area contributed by atoms with E-state index in [2.05, 4.69) is 45.4 Å². The van der Waals surface area contributed by atoms with Gasteiger partial charge in [0, 0.05) is 12.3 Å². The number of rotatable bonds is 5. The van der Waals surface area contributed by atoms with Crippen LogP contribution in [0.15, 0.2) is 34.5 Å². The molecular formula is C17H28N2O4Si. The molecular weight excluding hydrogens is 324 g/mol. The molecule has 7 heteroatoms. The molecule has 1 saturated heterocycles. The van der Waals surface area contributed by atoms with Crippen molar-refractivity contribution in [2.24, 2.45) is 0 Å². The van der Waals surface area contributed by atoms with Gasteiger partial charge in [-0.05, 0) is 31.0 Å². The van der Waals surface area contributed by atoms with E-state index in [9.17, 15) is 9.59 Å². The summed E-state index contributed by atoms with van der Waals surface area (Å²) in [6, 6.07) is 1.32. The second-order valence-electron chi connectivity index (χ2n) is 7.95. The number of nitrogens with one attached hydrogen (secondary N) is 1. The first kappa shape index (κ1) is 18.9. The lowest BCUT2D eigenvalue weighted by Crippen LogP contribution is -2.45. The molecule has 0 spiro atoms. The molecule has 0 aliphatic carbocycles. The number of hydrogen-bond acceptors (Lipinski definition) is 4. The van der Waals surface area contributed by atoms with E-state index in [4.69, 9.17) is 9.16 Å². The monoisotopic (exact) mass is 352 g/mol. The molecule has 1 aromatic heterocycles. The Kier molecular flexibility index (Phi) is 5.08. The Morgan fingerprint density at radius 3 is 2.71 bits per heavy atom. The van der Waals surface area contributed by atoms with Gasteiger partial charge < -0.3 is 9.16 Å². The van der Waals surface area contributed by atoms with Crippen molar-refractivity contribution in [1.82, 2.24) is 9.55 Å². The van der Waals surface area contributed by atoms with E-state index in [0.29, 0.717) is 13.0 Å². The molecule has 134 valence electrons. The maximum absolute atomic E-state index is 12.0. The minimum Gasteiger partial charge on any atom is -0.414 e. The zero-order chi connectivity index (χ0) is 18.2. The fourth-order valence-corrected chi connectivity index (χ4v) is 3.48. The zero-order valence-corrected chi connectivity index (χ0v) is 16.2. The van der Waals surface area contributed by atoms with Gasteiger partial charge in [-0.1, -0.05) is 26.8 Å². The highest BCUT2D eigenvalue weighted by molar-refractivity contribution is 6.74. The standard InChI is InChI=1S/C17H28N2O4Si/c1-7-17(12-22-24(5,6)16(2,3)4)10-8-14(23-17)19-11-9-13(20)18-15(19)21/h7,9,11,14H,1,8,10,12H2,2-6H3,(H,18,20,21)/t14?,17-/m0/s1. The Morgan fingerprint density at radius 1 is 1.50 bits per heavy atom. The predicted molar refractivity (Wildman–Crippen MR) is 96.8 cm³/mol. The van der Waals surface area contributed by atoms with Crippen molar-refractivity contribution in [3.8, 4) is 0 Å². The molecule has 1 aliphatic heterocycles. The van der Waals surface area contributed by atoms with Crippen LogP contribution in [-0.2, 0) is 9.16 Å². The van der Waals surface area contributed by atoms with E-state index in [1.807, 2.05) is 0 Å². The topological polar surface area (TPSA) is 73.3 Å². The van der Waals surface area contributed by atoms with Crippen LogP contribution in [0.3, 0.4) is 0 Å². The molecule has 24 heavy (non-hydrogen) atoms. The maximum Gasteiger partial charge on any atom is 0.330 e. The molecule has 2 heterocycles. The Morgan fingerprint density at radius 2 is 2.17 bits per heavy atom. The van der Waals surface area contributed by atoms with Crippen LogP contribution >= 0.6 is 0 Å². The molecule has 1 fully saturated rings. The predicted octanol–water partition coefficient (Wildman–Crippen LogP) is 2.79. The van der Waals surface area contributed by atoms with Gasteiger partial charge in [-0.25, -0.2) is 4.79 Å². The highest BCUT2D eigenvalue weighted by atomic mass is 28.4. The summed E-state index contributed by atoms with van der Waals surface area (Å²) in [5, 5.41) is 0.114. The molecule has 2 atom stereocenters. The summed E-state index contributed by atoms with van der Waals surface area (Å²) in [6.45, 7) is 15.3. The fraction of sp³-hybridized carbons (Fsp3) is 0.647. The van der Waals surface area contributed by atoms with Crippen LogP contribution in [-0.4, -0.2) is 30.1 Å². The van der Waals surface area contributed by atoms with Gasteiger partial charge in [0.15, 0.2) is 8.32 Å². The largest absolute Gasteiger partial charge is 0.414 e.